The molecule has 0 saturated heterocycles. The van der Waals surface area contributed by atoms with Crippen LogP contribution >= 0.6 is 11.6 Å². The fourth-order valence-corrected chi connectivity index (χ4v) is 1.82. The van der Waals surface area contributed by atoms with Gasteiger partial charge in [-0.3, -0.25) is 4.79 Å². The molecule has 0 saturated carbocycles. The molecule has 1 heterocycles. The van der Waals surface area contributed by atoms with E-state index in [-0.39, 0.29) is 10.7 Å². The van der Waals surface area contributed by atoms with E-state index in [0.29, 0.717) is 4.68 Å². The van der Waals surface area contributed by atoms with Crippen molar-refractivity contribution >= 4 is 29.2 Å². The van der Waals surface area contributed by atoms with Gasteiger partial charge in [0.05, 0.1) is 10.7 Å². The normalized spacial score (nSPS) is 10.5. The minimum absolute atomic E-state index is 0.228. The van der Waals surface area contributed by atoms with Gasteiger partial charge in [0.2, 0.25) is 0 Å². The number of hydrogen-bond donors (Lipinski definition) is 3. The number of amides is 1. The molecule has 0 bridgehead atoms. The van der Waals surface area contributed by atoms with Crippen LogP contribution in [0.1, 0.15) is 21.0 Å². The maximum Gasteiger partial charge on any atom is 0.356 e. The molecular formula is C11H8ClFN4O3. The molecule has 2 aromatic rings. The highest BCUT2D eigenvalue weighted by Gasteiger charge is 2.26. The second-order valence-corrected chi connectivity index (χ2v) is 4.17. The lowest BCUT2D eigenvalue weighted by molar-refractivity contribution is 0.0688. The summed E-state index contributed by atoms with van der Waals surface area (Å²) in [6, 6.07) is 3.92. The summed E-state index contributed by atoms with van der Waals surface area (Å²) in [5.74, 6) is -3.40. The van der Waals surface area contributed by atoms with Gasteiger partial charge in [0.25, 0.3) is 5.91 Å². The first-order valence-corrected chi connectivity index (χ1v) is 5.58. The maximum absolute atomic E-state index is 13.9. The monoisotopic (exact) mass is 298 g/mol. The van der Waals surface area contributed by atoms with Crippen molar-refractivity contribution in [1.29, 1.82) is 0 Å². The van der Waals surface area contributed by atoms with Crippen LogP contribution < -0.4 is 11.5 Å². The number of aromatic carboxylic acids is 1. The van der Waals surface area contributed by atoms with E-state index < -0.39 is 34.8 Å². The molecule has 1 aromatic carbocycles. The average molecular weight is 299 g/mol. The van der Waals surface area contributed by atoms with E-state index in [4.69, 9.17) is 28.2 Å². The fraction of sp³-hybridized carbons (Fsp3) is 0. The van der Waals surface area contributed by atoms with Gasteiger partial charge < -0.3 is 16.6 Å². The zero-order chi connectivity index (χ0) is 15.0. The largest absolute Gasteiger partial charge is 0.476 e. The second kappa shape index (κ2) is 4.82. The molecule has 1 aromatic heterocycles. The van der Waals surface area contributed by atoms with Gasteiger partial charge >= 0.3 is 5.97 Å². The zero-order valence-corrected chi connectivity index (χ0v) is 10.6. The number of nitrogens with two attached hydrogens (primary N) is 2. The Hall–Kier alpha value is -2.61. The summed E-state index contributed by atoms with van der Waals surface area (Å²) in [5, 5.41) is 12.5. The molecule has 1 amide bonds. The highest BCUT2D eigenvalue weighted by Crippen LogP contribution is 2.26. The van der Waals surface area contributed by atoms with Crippen molar-refractivity contribution in [2.24, 2.45) is 5.73 Å². The molecule has 0 aliphatic carbocycles. The number of benzene rings is 1. The quantitative estimate of drug-likeness (QED) is 0.781. The lowest BCUT2D eigenvalue weighted by Gasteiger charge is -2.06. The molecule has 0 radical (unpaired) electrons. The van der Waals surface area contributed by atoms with Crippen LogP contribution in [0.3, 0.4) is 0 Å². The Bertz CT molecular complexity index is 729. The topological polar surface area (TPSA) is 124 Å². The number of anilines is 1. The predicted molar refractivity (Wildman–Crippen MR) is 68.4 cm³/mol. The third-order valence-electron chi connectivity index (χ3n) is 2.52. The number of aromatic nitrogens is 2. The molecular weight excluding hydrogens is 291 g/mol. The molecule has 0 aliphatic rings. The molecule has 9 heteroatoms. The first kappa shape index (κ1) is 13.8. The molecule has 7 nitrogen and oxygen atoms in total. The van der Waals surface area contributed by atoms with Gasteiger partial charge in [-0.05, 0) is 12.1 Å². The van der Waals surface area contributed by atoms with Gasteiger partial charge in [0.1, 0.15) is 5.69 Å². The Morgan fingerprint density at radius 3 is 2.60 bits per heavy atom. The molecule has 20 heavy (non-hydrogen) atoms. The molecule has 0 fully saturated rings. The van der Waals surface area contributed by atoms with E-state index in [1.807, 2.05) is 0 Å². The van der Waals surface area contributed by atoms with Crippen molar-refractivity contribution in [2.45, 2.75) is 0 Å². The number of nitrogen functional groups attached to an aromatic ring is 1. The summed E-state index contributed by atoms with van der Waals surface area (Å²) in [6.07, 6.45) is 0. The maximum atomic E-state index is 13.9. The third kappa shape index (κ3) is 2.05. The molecule has 0 unspecified atom stereocenters. The van der Waals surface area contributed by atoms with Crippen molar-refractivity contribution in [1.82, 2.24) is 9.78 Å². The van der Waals surface area contributed by atoms with Crippen molar-refractivity contribution in [3.8, 4) is 5.69 Å². The van der Waals surface area contributed by atoms with Crippen LogP contribution in [0.15, 0.2) is 18.2 Å². The van der Waals surface area contributed by atoms with Crippen LogP contribution in [0.2, 0.25) is 5.02 Å². The Balaban J connectivity index is 2.80. The van der Waals surface area contributed by atoms with Crippen molar-refractivity contribution in [2.75, 3.05) is 5.73 Å². The number of halogens is 2. The smallest absolute Gasteiger partial charge is 0.356 e. The third-order valence-corrected chi connectivity index (χ3v) is 2.81. The van der Waals surface area contributed by atoms with E-state index >= 15 is 0 Å². The summed E-state index contributed by atoms with van der Waals surface area (Å²) in [6.45, 7) is 0. The Morgan fingerprint density at radius 1 is 1.40 bits per heavy atom. The van der Waals surface area contributed by atoms with Crippen molar-refractivity contribution < 1.29 is 19.1 Å². The number of rotatable bonds is 3. The van der Waals surface area contributed by atoms with Crippen LogP contribution in [-0.2, 0) is 0 Å². The number of nitrogens with zero attached hydrogens (tertiary/aromatic N) is 2. The lowest BCUT2D eigenvalue weighted by atomic mass is 10.2. The van der Waals surface area contributed by atoms with Gasteiger partial charge in [-0.25, -0.2) is 13.9 Å². The molecule has 2 rings (SSSR count). The van der Waals surface area contributed by atoms with Crippen LogP contribution in [0.5, 0.6) is 0 Å². The van der Waals surface area contributed by atoms with Gasteiger partial charge in [0, 0.05) is 0 Å². The summed E-state index contributed by atoms with van der Waals surface area (Å²) in [4.78, 5) is 22.3. The first-order valence-electron chi connectivity index (χ1n) is 5.20. The summed E-state index contributed by atoms with van der Waals surface area (Å²) in [5.41, 5.74) is 8.82. The number of hydrogen-bond acceptors (Lipinski definition) is 4. The minimum Gasteiger partial charge on any atom is -0.476 e. The van der Waals surface area contributed by atoms with E-state index in [1.54, 1.807) is 0 Å². The average Bonchev–Trinajstić information content (AvgIpc) is 2.70. The zero-order valence-electron chi connectivity index (χ0n) is 9.80. The van der Waals surface area contributed by atoms with Crippen molar-refractivity contribution in [3.63, 3.8) is 0 Å². The number of carbonyl (C=O) groups is 2. The number of carbonyl (C=O) groups excluding carboxylic acids is 1. The van der Waals surface area contributed by atoms with E-state index in [0.717, 1.165) is 0 Å². The molecule has 104 valence electrons. The van der Waals surface area contributed by atoms with Crippen LogP contribution in [0.25, 0.3) is 5.69 Å². The first-order chi connectivity index (χ1) is 9.34. The summed E-state index contributed by atoms with van der Waals surface area (Å²) >= 11 is 5.62. The SMILES string of the molecule is NC(=O)c1nn(-c2cccc(Cl)c2F)c(C(=O)O)c1N. The van der Waals surface area contributed by atoms with E-state index in [2.05, 4.69) is 5.10 Å². The van der Waals surface area contributed by atoms with Gasteiger partial charge in [0.15, 0.2) is 17.2 Å². The standard InChI is InChI=1S/C11H8ClFN4O3/c12-4-2-1-3-5(6(4)13)17-9(11(19)20)7(14)8(16-17)10(15)18/h1-3H,14H2,(H2,15,18)(H,19,20). The molecule has 0 spiro atoms. The van der Waals surface area contributed by atoms with E-state index in [9.17, 15) is 14.0 Å². The number of carboxylic acid groups (broad SMARTS) is 1. The number of primary amides is 1. The second-order valence-electron chi connectivity index (χ2n) is 3.77. The van der Waals surface area contributed by atoms with Gasteiger partial charge in [-0.2, -0.15) is 5.10 Å². The van der Waals surface area contributed by atoms with Crippen LogP contribution in [-0.4, -0.2) is 26.8 Å². The van der Waals surface area contributed by atoms with Gasteiger partial charge in [-0.1, -0.05) is 17.7 Å². The summed E-state index contributed by atoms with van der Waals surface area (Å²) < 4.78 is 14.6. The number of carboxylic acids is 1. The predicted octanol–water partition coefficient (Wildman–Crippen LogP) is 1.04. The van der Waals surface area contributed by atoms with Crippen molar-refractivity contribution in [3.05, 3.63) is 40.4 Å². The Labute approximate surface area is 116 Å². The summed E-state index contributed by atoms with van der Waals surface area (Å²) in [7, 11) is 0. The molecule has 5 N–H and O–H groups in total. The van der Waals surface area contributed by atoms with Gasteiger partial charge in [-0.15, -0.1) is 0 Å². The molecule has 0 aliphatic heterocycles. The van der Waals surface area contributed by atoms with Crippen LogP contribution in [0.4, 0.5) is 10.1 Å². The highest BCUT2D eigenvalue weighted by molar-refractivity contribution is 6.30. The highest BCUT2D eigenvalue weighted by atomic mass is 35.5. The van der Waals surface area contributed by atoms with Crippen LogP contribution in [0, 0.1) is 5.82 Å². The lowest BCUT2D eigenvalue weighted by Crippen LogP contribution is -2.14. The fourth-order valence-electron chi connectivity index (χ4n) is 1.65. The Kier molecular flexibility index (Phi) is 3.33. The minimum atomic E-state index is -1.48. The molecule has 0 atom stereocenters. The van der Waals surface area contributed by atoms with E-state index in [1.165, 1.54) is 18.2 Å². The Morgan fingerprint density at radius 2 is 2.05 bits per heavy atom.